The van der Waals surface area contributed by atoms with E-state index in [9.17, 15) is 13.6 Å². The van der Waals surface area contributed by atoms with Gasteiger partial charge in [-0.25, -0.2) is 5.90 Å². The quantitative estimate of drug-likeness (QED) is 0.753. The Bertz CT molecular complexity index is 293. The number of piperidine rings is 1. The molecule has 1 aliphatic rings. The number of hydrogen-bond donors (Lipinski definition) is 1. The fourth-order valence-electron chi connectivity index (χ4n) is 2.12. The summed E-state index contributed by atoms with van der Waals surface area (Å²) in [4.78, 5) is 18.1. The van der Waals surface area contributed by atoms with Crippen LogP contribution in [0.25, 0.3) is 0 Å². The molecule has 0 aromatic heterocycles. The van der Waals surface area contributed by atoms with Crippen LogP contribution in [0.4, 0.5) is 8.78 Å². The fourth-order valence-corrected chi connectivity index (χ4v) is 2.12. The molecule has 98 valence electrons. The van der Waals surface area contributed by atoms with Gasteiger partial charge < -0.3 is 9.74 Å². The van der Waals surface area contributed by atoms with Crippen LogP contribution in [0.5, 0.6) is 0 Å². The van der Waals surface area contributed by atoms with Crippen molar-refractivity contribution in [3.05, 3.63) is 12.2 Å². The highest BCUT2D eigenvalue weighted by Gasteiger charge is 2.29. The van der Waals surface area contributed by atoms with Crippen LogP contribution in [-0.4, -0.2) is 30.0 Å². The monoisotopic (exact) mass is 248 g/mol. The maximum atomic E-state index is 12.1. The lowest BCUT2D eigenvalue weighted by molar-refractivity contribution is -0.138. The Kier molecular flexibility index (Phi) is 5.50. The fraction of sp³-hybridized carbons (Fsp3) is 0.727. The highest BCUT2D eigenvalue weighted by Crippen LogP contribution is 2.23. The third-order valence-corrected chi connectivity index (χ3v) is 3.06. The molecule has 1 aliphatic heterocycles. The largest absolute Gasteiger partial charge is 0.337 e. The number of amides is 1. The first-order valence-electron chi connectivity index (χ1n) is 5.72. The first kappa shape index (κ1) is 14.1. The van der Waals surface area contributed by atoms with Crippen molar-refractivity contribution in [1.82, 2.24) is 4.90 Å². The number of nitrogens with zero attached hydrogens (tertiary/aromatic N) is 1. The molecule has 2 atom stereocenters. The summed E-state index contributed by atoms with van der Waals surface area (Å²) in [5, 5.41) is 0. The predicted octanol–water partition coefficient (Wildman–Crippen LogP) is 1.67. The van der Waals surface area contributed by atoms with Gasteiger partial charge in [-0.15, -0.1) is 0 Å². The molecule has 1 heterocycles. The summed E-state index contributed by atoms with van der Waals surface area (Å²) in [6, 6.07) is -0.0624. The second-order valence-corrected chi connectivity index (χ2v) is 4.19. The number of carbonyl (C=O) groups is 1. The Balaban J connectivity index is 2.58. The lowest BCUT2D eigenvalue weighted by Crippen LogP contribution is -2.47. The van der Waals surface area contributed by atoms with Crippen molar-refractivity contribution in [3.8, 4) is 0 Å². The molecule has 4 nitrogen and oxygen atoms in total. The zero-order valence-corrected chi connectivity index (χ0v) is 9.86. The minimum atomic E-state index is -1.71. The van der Waals surface area contributed by atoms with E-state index in [4.69, 9.17) is 5.90 Å². The van der Waals surface area contributed by atoms with Gasteiger partial charge in [0.1, 0.15) is 0 Å². The molecule has 1 fully saturated rings. The number of allylic oxidation sites excluding steroid dienone is 1. The third-order valence-electron chi connectivity index (χ3n) is 3.06. The molecular formula is C11H18F2N2O2. The number of hydrogen-bond acceptors (Lipinski definition) is 3. The zero-order chi connectivity index (χ0) is 12.8. The van der Waals surface area contributed by atoms with Crippen molar-refractivity contribution < 1.29 is 18.4 Å². The molecule has 1 amide bonds. The molecule has 17 heavy (non-hydrogen) atoms. The molecule has 0 aliphatic carbocycles. The van der Waals surface area contributed by atoms with E-state index >= 15 is 0 Å². The van der Waals surface area contributed by atoms with Gasteiger partial charge in [0, 0.05) is 13.0 Å². The van der Waals surface area contributed by atoms with Gasteiger partial charge in [0.05, 0.1) is 12.6 Å². The first-order chi connectivity index (χ1) is 8.08. The van der Waals surface area contributed by atoms with Crippen molar-refractivity contribution in [2.24, 2.45) is 11.8 Å². The first-order valence-corrected chi connectivity index (χ1v) is 5.72. The van der Waals surface area contributed by atoms with Crippen molar-refractivity contribution in [1.29, 1.82) is 0 Å². The summed E-state index contributed by atoms with van der Waals surface area (Å²) in [5.74, 6) is 4.55. The smallest absolute Gasteiger partial charge is 0.266 e. The normalized spacial score (nSPS) is 22.5. The van der Waals surface area contributed by atoms with Crippen LogP contribution in [0, 0.1) is 5.92 Å². The molecule has 0 saturated carbocycles. The van der Waals surface area contributed by atoms with Crippen LogP contribution in [-0.2, 0) is 9.63 Å². The van der Waals surface area contributed by atoms with Crippen molar-refractivity contribution in [2.45, 2.75) is 32.2 Å². The molecule has 1 rings (SSSR count). The van der Waals surface area contributed by atoms with Crippen molar-refractivity contribution in [3.63, 3.8) is 0 Å². The second-order valence-electron chi connectivity index (χ2n) is 4.19. The molecule has 2 unspecified atom stereocenters. The van der Waals surface area contributed by atoms with Crippen LogP contribution in [0.15, 0.2) is 12.2 Å². The third kappa shape index (κ3) is 4.05. The summed E-state index contributed by atoms with van der Waals surface area (Å²) in [7, 11) is 0. The van der Waals surface area contributed by atoms with Gasteiger partial charge in [0.25, 0.3) is 6.08 Å². The van der Waals surface area contributed by atoms with Gasteiger partial charge in [-0.2, -0.15) is 8.78 Å². The summed E-state index contributed by atoms with van der Waals surface area (Å²) in [6.07, 6.45) is 0.590. The van der Waals surface area contributed by atoms with Crippen LogP contribution in [0.2, 0.25) is 0 Å². The molecule has 0 radical (unpaired) electrons. The highest BCUT2D eigenvalue weighted by molar-refractivity contribution is 5.77. The maximum Gasteiger partial charge on any atom is 0.266 e. The molecule has 0 bridgehead atoms. The average Bonchev–Trinajstić information content (AvgIpc) is 2.26. The van der Waals surface area contributed by atoms with Gasteiger partial charge in [-0.1, -0.05) is 6.92 Å². The lowest BCUT2D eigenvalue weighted by atomic mass is 9.95. The Morgan fingerprint density at radius 3 is 2.88 bits per heavy atom. The Morgan fingerprint density at radius 2 is 2.41 bits per heavy atom. The second kappa shape index (κ2) is 6.66. The standard InChI is InChI=1S/C11H18F2N2O2/c1-2-9(7-17-14)15-4-3-8(5-10(12)13)6-11(15)16/h5,8-9H,2-4,6-7,14H2,1H3. The van der Waals surface area contributed by atoms with E-state index in [2.05, 4.69) is 4.84 Å². The lowest BCUT2D eigenvalue weighted by Gasteiger charge is -2.35. The van der Waals surface area contributed by atoms with Crippen LogP contribution in [0.1, 0.15) is 26.2 Å². The van der Waals surface area contributed by atoms with Crippen molar-refractivity contribution in [2.75, 3.05) is 13.2 Å². The summed E-state index contributed by atoms with van der Waals surface area (Å²) in [5.41, 5.74) is 0. The number of halogens is 2. The molecule has 6 heteroatoms. The molecule has 0 aromatic carbocycles. The topological polar surface area (TPSA) is 55.6 Å². The average molecular weight is 248 g/mol. The van der Waals surface area contributed by atoms with Gasteiger partial charge >= 0.3 is 0 Å². The van der Waals surface area contributed by atoms with E-state index in [0.717, 1.165) is 12.5 Å². The van der Waals surface area contributed by atoms with Gasteiger partial charge in [0.2, 0.25) is 5.91 Å². The molecule has 0 spiro atoms. The van der Waals surface area contributed by atoms with E-state index in [1.54, 1.807) is 4.90 Å². The van der Waals surface area contributed by atoms with E-state index in [0.29, 0.717) is 13.0 Å². The Morgan fingerprint density at radius 1 is 1.71 bits per heavy atom. The van der Waals surface area contributed by atoms with Gasteiger partial charge in [-0.05, 0) is 24.8 Å². The predicted molar refractivity (Wildman–Crippen MR) is 59.0 cm³/mol. The number of nitrogens with two attached hydrogens (primary N) is 1. The van der Waals surface area contributed by atoms with E-state index in [1.807, 2.05) is 6.92 Å². The van der Waals surface area contributed by atoms with Crippen LogP contribution in [0.3, 0.4) is 0 Å². The summed E-state index contributed by atoms with van der Waals surface area (Å²) < 4.78 is 24.2. The van der Waals surface area contributed by atoms with Crippen molar-refractivity contribution >= 4 is 5.91 Å². The minimum Gasteiger partial charge on any atom is -0.337 e. The number of likely N-dealkylation sites (tertiary alicyclic amines) is 1. The molecule has 1 saturated heterocycles. The molecule has 2 N–H and O–H groups in total. The Labute approximate surface area is 99.4 Å². The van der Waals surface area contributed by atoms with E-state index < -0.39 is 6.08 Å². The summed E-state index contributed by atoms with van der Waals surface area (Å²) in [6.45, 7) is 2.69. The van der Waals surface area contributed by atoms with Gasteiger partial charge in [0.15, 0.2) is 0 Å². The maximum absolute atomic E-state index is 12.1. The minimum absolute atomic E-state index is 0.0624. The number of carbonyl (C=O) groups excluding carboxylic acids is 1. The number of rotatable bonds is 5. The SMILES string of the molecule is CCC(CON)N1CCC(C=C(F)F)CC1=O. The van der Waals surface area contributed by atoms with Gasteiger partial charge in [-0.3, -0.25) is 4.79 Å². The van der Waals surface area contributed by atoms with Crippen LogP contribution >= 0.6 is 0 Å². The highest BCUT2D eigenvalue weighted by atomic mass is 19.3. The zero-order valence-electron chi connectivity index (χ0n) is 9.86. The van der Waals surface area contributed by atoms with E-state index in [-0.39, 0.29) is 30.9 Å². The van der Waals surface area contributed by atoms with Crippen LogP contribution < -0.4 is 5.90 Å². The molecular weight excluding hydrogens is 230 g/mol. The summed E-state index contributed by atoms with van der Waals surface area (Å²) >= 11 is 0. The molecule has 0 aromatic rings. The van der Waals surface area contributed by atoms with E-state index in [1.165, 1.54) is 0 Å². The Hall–Kier alpha value is -1.01.